The third-order valence-electron chi connectivity index (χ3n) is 4.57. The monoisotopic (exact) mass is 306 g/mol. The maximum atomic E-state index is 12.6. The van der Waals surface area contributed by atoms with Gasteiger partial charge in [-0.3, -0.25) is 0 Å². The Labute approximate surface area is 121 Å². The summed E-state index contributed by atoms with van der Waals surface area (Å²) in [5.74, 6) is 0. The van der Waals surface area contributed by atoms with Gasteiger partial charge in [0.1, 0.15) is 0 Å². The van der Waals surface area contributed by atoms with Crippen molar-refractivity contribution in [1.29, 1.82) is 0 Å². The summed E-state index contributed by atoms with van der Waals surface area (Å²) in [4.78, 5) is 0. The molecule has 0 aromatic carbocycles. The maximum Gasteiger partial charge on any atom is 0.282 e. The van der Waals surface area contributed by atoms with Gasteiger partial charge in [-0.15, -0.1) is 0 Å². The summed E-state index contributed by atoms with van der Waals surface area (Å²) in [6.45, 7) is 3.63. The fraction of sp³-hybridized carbons (Fsp3) is 1.00. The minimum atomic E-state index is -3.45. The van der Waals surface area contributed by atoms with Gasteiger partial charge in [0.15, 0.2) is 0 Å². The van der Waals surface area contributed by atoms with Crippen LogP contribution in [0.15, 0.2) is 0 Å². The van der Waals surface area contributed by atoms with Crippen LogP contribution in [0.1, 0.15) is 39.0 Å². The van der Waals surface area contributed by atoms with Gasteiger partial charge in [0.05, 0.1) is 11.7 Å². The fourth-order valence-corrected chi connectivity index (χ4v) is 4.78. The zero-order valence-electron chi connectivity index (χ0n) is 12.4. The van der Waals surface area contributed by atoms with Crippen LogP contribution < -0.4 is 0 Å². The van der Waals surface area contributed by atoms with Gasteiger partial charge in [-0.2, -0.15) is 17.0 Å². The number of rotatable bonds is 4. The average Bonchev–Trinajstić information content (AvgIpc) is 2.47. The number of ether oxygens (including phenoxy) is 1. The average molecular weight is 306 g/mol. The highest BCUT2D eigenvalue weighted by atomic mass is 32.2. The third kappa shape index (κ3) is 3.33. The van der Waals surface area contributed by atoms with Crippen LogP contribution in [0.5, 0.6) is 0 Å². The van der Waals surface area contributed by atoms with Crippen molar-refractivity contribution in [3.8, 4) is 0 Å². The molecule has 118 valence electrons. The van der Waals surface area contributed by atoms with Gasteiger partial charge in [0.25, 0.3) is 10.2 Å². The molecule has 2 rings (SSSR count). The fourth-order valence-electron chi connectivity index (χ4n) is 3.02. The summed E-state index contributed by atoms with van der Waals surface area (Å²) in [6.07, 6.45) is 3.63. The lowest BCUT2D eigenvalue weighted by molar-refractivity contribution is -0.0130. The predicted molar refractivity (Wildman–Crippen MR) is 76.6 cm³/mol. The zero-order valence-corrected chi connectivity index (χ0v) is 13.2. The van der Waals surface area contributed by atoms with Crippen LogP contribution in [0.3, 0.4) is 0 Å². The Morgan fingerprint density at radius 2 is 1.90 bits per heavy atom. The maximum absolute atomic E-state index is 12.6. The second kappa shape index (κ2) is 6.27. The number of hydrogen-bond acceptors (Lipinski definition) is 4. The minimum absolute atomic E-state index is 0.162. The molecule has 0 aliphatic carbocycles. The highest BCUT2D eigenvalue weighted by Gasteiger charge is 2.40. The highest BCUT2D eigenvalue weighted by molar-refractivity contribution is 7.86. The summed E-state index contributed by atoms with van der Waals surface area (Å²) in [5, 5.41) is 10.3. The molecule has 1 N–H and O–H groups in total. The van der Waals surface area contributed by atoms with Crippen LogP contribution in [0.25, 0.3) is 0 Å². The quantitative estimate of drug-likeness (QED) is 0.825. The first kappa shape index (κ1) is 16.2. The Kier molecular flexibility index (Phi) is 5.07. The SMILES string of the molecule is CCC1(O)CCCN(S(=O)(=O)N2CCC(OC)CC2)C1. The van der Waals surface area contributed by atoms with E-state index in [0.29, 0.717) is 32.5 Å². The van der Waals surface area contributed by atoms with Crippen molar-refractivity contribution in [2.45, 2.75) is 50.7 Å². The molecule has 0 aromatic heterocycles. The van der Waals surface area contributed by atoms with Crippen LogP contribution in [0, 0.1) is 0 Å². The lowest BCUT2D eigenvalue weighted by Crippen LogP contribution is -2.55. The molecule has 0 spiro atoms. The first-order valence-electron chi connectivity index (χ1n) is 7.42. The van der Waals surface area contributed by atoms with Gasteiger partial charge in [0.2, 0.25) is 0 Å². The van der Waals surface area contributed by atoms with Crippen molar-refractivity contribution in [2.24, 2.45) is 0 Å². The summed E-state index contributed by atoms with van der Waals surface area (Å²) in [7, 11) is -1.78. The first-order chi connectivity index (χ1) is 9.41. The second-order valence-electron chi connectivity index (χ2n) is 5.86. The lowest BCUT2D eigenvalue weighted by atomic mass is 9.92. The van der Waals surface area contributed by atoms with Gasteiger partial charge in [-0.1, -0.05) is 6.92 Å². The molecule has 0 saturated carbocycles. The van der Waals surface area contributed by atoms with E-state index in [0.717, 1.165) is 19.3 Å². The van der Waals surface area contributed by atoms with Gasteiger partial charge in [-0.05, 0) is 32.1 Å². The normalized spacial score (nSPS) is 31.6. The molecule has 2 aliphatic heterocycles. The van der Waals surface area contributed by atoms with Gasteiger partial charge in [0, 0.05) is 33.3 Å². The van der Waals surface area contributed by atoms with Crippen LogP contribution in [-0.2, 0) is 14.9 Å². The van der Waals surface area contributed by atoms with E-state index in [9.17, 15) is 13.5 Å². The summed E-state index contributed by atoms with van der Waals surface area (Å²) >= 11 is 0. The van der Waals surface area contributed by atoms with Crippen LogP contribution in [-0.4, -0.2) is 67.1 Å². The largest absolute Gasteiger partial charge is 0.389 e. The Bertz CT molecular complexity index is 420. The smallest absolute Gasteiger partial charge is 0.282 e. The molecule has 2 fully saturated rings. The molecule has 0 aromatic rings. The third-order valence-corrected chi connectivity index (χ3v) is 6.55. The molecule has 1 atom stereocenters. The molecule has 2 aliphatic rings. The van der Waals surface area contributed by atoms with Crippen molar-refractivity contribution in [2.75, 3.05) is 33.3 Å². The number of nitrogens with zero attached hydrogens (tertiary/aromatic N) is 2. The van der Waals surface area contributed by atoms with Crippen molar-refractivity contribution in [3.05, 3.63) is 0 Å². The number of β-amino-alcohol motifs (C(OH)–C–C–N with tert-alkyl or cyclic N) is 1. The molecule has 0 amide bonds. The van der Waals surface area contributed by atoms with Crippen LogP contribution in [0.2, 0.25) is 0 Å². The number of methoxy groups -OCH3 is 1. The summed E-state index contributed by atoms with van der Waals surface area (Å²) < 4.78 is 33.5. The molecule has 0 bridgehead atoms. The lowest BCUT2D eigenvalue weighted by Gasteiger charge is -2.41. The molecular weight excluding hydrogens is 280 g/mol. The predicted octanol–water partition coefficient (Wildman–Crippen LogP) is 0.579. The van der Waals surface area contributed by atoms with E-state index in [1.54, 1.807) is 7.11 Å². The molecule has 20 heavy (non-hydrogen) atoms. The van der Waals surface area contributed by atoms with Crippen molar-refractivity contribution >= 4 is 10.2 Å². The molecule has 2 heterocycles. The highest BCUT2D eigenvalue weighted by Crippen LogP contribution is 2.28. The molecule has 6 nitrogen and oxygen atoms in total. The van der Waals surface area contributed by atoms with E-state index in [2.05, 4.69) is 0 Å². The number of hydrogen-bond donors (Lipinski definition) is 1. The molecule has 1 unspecified atom stereocenters. The first-order valence-corrected chi connectivity index (χ1v) is 8.81. The van der Waals surface area contributed by atoms with E-state index in [4.69, 9.17) is 4.74 Å². The van der Waals surface area contributed by atoms with Crippen LogP contribution >= 0.6 is 0 Å². The van der Waals surface area contributed by atoms with Crippen LogP contribution in [0.4, 0.5) is 0 Å². The molecule has 7 heteroatoms. The topological polar surface area (TPSA) is 70.1 Å². The standard InChI is InChI=1S/C13H26N2O4S/c1-3-13(16)7-4-8-15(11-13)20(17,18)14-9-5-12(19-2)6-10-14/h12,16H,3-11H2,1-2H3. The Morgan fingerprint density at radius 1 is 1.25 bits per heavy atom. The van der Waals surface area contributed by atoms with E-state index >= 15 is 0 Å². The number of aliphatic hydroxyl groups is 1. The number of piperidine rings is 2. The van der Waals surface area contributed by atoms with E-state index in [1.807, 2.05) is 6.92 Å². The molecule has 2 saturated heterocycles. The summed E-state index contributed by atoms with van der Waals surface area (Å²) in [5.41, 5.74) is -0.865. The van der Waals surface area contributed by atoms with Crippen molar-refractivity contribution < 1.29 is 18.3 Å². The molecular formula is C13H26N2O4S. The molecule has 0 radical (unpaired) electrons. The zero-order chi connectivity index (χ0) is 14.8. The van der Waals surface area contributed by atoms with Crippen molar-refractivity contribution in [1.82, 2.24) is 8.61 Å². The Balaban J connectivity index is 2.03. The van der Waals surface area contributed by atoms with Gasteiger partial charge >= 0.3 is 0 Å². The van der Waals surface area contributed by atoms with Gasteiger partial charge < -0.3 is 9.84 Å². The Morgan fingerprint density at radius 3 is 2.45 bits per heavy atom. The van der Waals surface area contributed by atoms with Gasteiger partial charge in [-0.25, -0.2) is 0 Å². The summed E-state index contributed by atoms with van der Waals surface area (Å²) in [6, 6.07) is 0. The van der Waals surface area contributed by atoms with E-state index in [1.165, 1.54) is 8.61 Å². The minimum Gasteiger partial charge on any atom is -0.389 e. The second-order valence-corrected chi connectivity index (χ2v) is 7.79. The Hall–Kier alpha value is -0.210. The van der Waals surface area contributed by atoms with E-state index in [-0.39, 0.29) is 12.6 Å². The van der Waals surface area contributed by atoms with E-state index < -0.39 is 15.8 Å². The van der Waals surface area contributed by atoms with Crippen molar-refractivity contribution in [3.63, 3.8) is 0 Å².